The number of carbonyl (C=O) groups is 1. The highest BCUT2D eigenvalue weighted by Crippen LogP contribution is 2.20. The molecule has 3 nitrogen and oxygen atoms in total. The van der Waals surface area contributed by atoms with Crippen molar-refractivity contribution in [2.24, 2.45) is 5.92 Å². The number of rotatable bonds is 4. The summed E-state index contributed by atoms with van der Waals surface area (Å²) in [6, 6.07) is 6.23. The Labute approximate surface area is 115 Å². The van der Waals surface area contributed by atoms with Gasteiger partial charge in [-0.3, -0.25) is 4.79 Å². The second-order valence-corrected chi connectivity index (χ2v) is 5.60. The molecule has 3 heteroatoms. The number of amides is 1. The van der Waals surface area contributed by atoms with Crippen molar-refractivity contribution in [2.75, 3.05) is 19.7 Å². The van der Waals surface area contributed by atoms with Crippen LogP contribution >= 0.6 is 0 Å². The molecule has 1 atom stereocenters. The minimum atomic E-state index is 0.212. The van der Waals surface area contributed by atoms with Crippen LogP contribution in [0.5, 0.6) is 0 Å². The van der Waals surface area contributed by atoms with Crippen molar-refractivity contribution in [3.05, 3.63) is 34.9 Å². The molecule has 1 saturated heterocycles. The molecule has 104 valence electrons. The molecule has 0 spiro atoms. The van der Waals surface area contributed by atoms with Gasteiger partial charge in [0.2, 0.25) is 5.91 Å². The highest BCUT2D eigenvalue weighted by atomic mass is 16.3. The van der Waals surface area contributed by atoms with Gasteiger partial charge in [-0.1, -0.05) is 18.2 Å². The highest BCUT2D eigenvalue weighted by molar-refractivity contribution is 5.79. The molecule has 0 aliphatic carbocycles. The Balaban J connectivity index is 1.92. The van der Waals surface area contributed by atoms with E-state index in [1.165, 1.54) is 11.1 Å². The summed E-state index contributed by atoms with van der Waals surface area (Å²) in [6.07, 6.45) is 2.33. The van der Waals surface area contributed by atoms with Crippen LogP contribution in [0.1, 0.15) is 29.5 Å². The van der Waals surface area contributed by atoms with Crippen LogP contribution in [-0.2, 0) is 11.2 Å². The molecule has 1 amide bonds. The van der Waals surface area contributed by atoms with Crippen molar-refractivity contribution in [3.8, 4) is 0 Å². The average molecular weight is 261 g/mol. The van der Waals surface area contributed by atoms with Crippen molar-refractivity contribution < 1.29 is 9.90 Å². The van der Waals surface area contributed by atoms with Gasteiger partial charge in [0.05, 0.1) is 6.42 Å². The van der Waals surface area contributed by atoms with E-state index in [-0.39, 0.29) is 12.5 Å². The maximum absolute atomic E-state index is 12.2. The van der Waals surface area contributed by atoms with E-state index in [0.29, 0.717) is 12.3 Å². The second kappa shape index (κ2) is 6.20. The summed E-state index contributed by atoms with van der Waals surface area (Å²) in [4.78, 5) is 14.2. The van der Waals surface area contributed by atoms with E-state index in [4.69, 9.17) is 5.11 Å². The first kappa shape index (κ1) is 14.1. The normalized spacial score (nSPS) is 18.9. The molecule has 1 aliphatic heterocycles. The van der Waals surface area contributed by atoms with Gasteiger partial charge < -0.3 is 10.0 Å². The number of hydrogen-bond donors (Lipinski definition) is 1. The average Bonchev–Trinajstić information content (AvgIpc) is 2.83. The van der Waals surface area contributed by atoms with Crippen LogP contribution in [0.3, 0.4) is 0 Å². The Hall–Kier alpha value is -1.35. The van der Waals surface area contributed by atoms with Crippen molar-refractivity contribution in [3.63, 3.8) is 0 Å². The zero-order valence-electron chi connectivity index (χ0n) is 11.9. The summed E-state index contributed by atoms with van der Waals surface area (Å²) in [5.41, 5.74) is 3.60. The lowest BCUT2D eigenvalue weighted by molar-refractivity contribution is -0.129. The number of hydrogen-bond acceptors (Lipinski definition) is 2. The molecule has 1 aromatic carbocycles. The summed E-state index contributed by atoms with van der Waals surface area (Å²) in [5.74, 6) is 0.692. The minimum Gasteiger partial charge on any atom is -0.396 e. The van der Waals surface area contributed by atoms with E-state index in [1.807, 2.05) is 11.0 Å². The third-order valence-corrected chi connectivity index (χ3v) is 4.10. The van der Waals surface area contributed by atoms with Crippen LogP contribution in [0.4, 0.5) is 0 Å². The Bertz CT molecular complexity index is 456. The van der Waals surface area contributed by atoms with Crippen LogP contribution in [0.15, 0.2) is 18.2 Å². The lowest BCUT2D eigenvalue weighted by atomic mass is 10.0. The van der Waals surface area contributed by atoms with Gasteiger partial charge in [0.25, 0.3) is 0 Å². The maximum Gasteiger partial charge on any atom is 0.226 e. The molecule has 1 unspecified atom stereocenters. The molecule has 0 aromatic heterocycles. The van der Waals surface area contributed by atoms with Gasteiger partial charge in [-0.15, -0.1) is 0 Å². The van der Waals surface area contributed by atoms with Crippen molar-refractivity contribution in [1.29, 1.82) is 0 Å². The lowest BCUT2D eigenvalue weighted by Gasteiger charge is -2.16. The number of aliphatic hydroxyl groups excluding tert-OH is 1. The Kier molecular flexibility index (Phi) is 4.59. The van der Waals surface area contributed by atoms with Gasteiger partial charge in [0.1, 0.15) is 0 Å². The number of benzene rings is 1. The molecular formula is C16H23NO2. The molecule has 2 rings (SSSR count). The predicted molar refractivity (Wildman–Crippen MR) is 76.0 cm³/mol. The molecule has 19 heavy (non-hydrogen) atoms. The zero-order valence-corrected chi connectivity index (χ0v) is 11.9. The first-order valence-corrected chi connectivity index (χ1v) is 7.05. The van der Waals surface area contributed by atoms with Crippen molar-refractivity contribution >= 4 is 5.91 Å². The first-order valence-electron chi connectivity index (χ1n) is 7.05. The van der Waals surface area contributed by atoms with E-state index in [9.17, 15) is 4.79 Å². The van der Waals surface area contributed by atoms with E-state index >= 15 is 0 Å². The molecule has 1 heterocycles. The molecule has 0 bridgehead atoms. The molecule has 0 saturated carbocycles. The fourth-order valence-corrected chi connectivity index (χ4v) is 2.68. The van der Waals surface area contributed by atoms with Crippen LogP contribution in [0, 0.1) is 19.8 Å². The van der Waals surface area contributed by atoms with Crippen LogP contribution < -0.4 is 0 Å². The van der Waals surface area contributed by atoms with Gasteiger partial charge in [-0.25, -0.2) is 0 Å². The monoisotopic (exact) mass is 261 g/mol. The van der Waals surface area contributed by atoms with Crippen molar-refractivity contribution in [1.82, 2.24) is 4.90 Å². The standard InChI is InChI=1S/C16H23NO2/c1-12-3-4-15(9-13(12)2)10-16(19)17-7-5-14(11-17)6-8-18/h3-4,9,14,18H,5-8,10-11H2,1-2H3. The van der Waals surface area contributed by atoms with E-state index in [0.717, 1.165) is 31.5 Å². The van der Waals surface area contributed by atoms with Gasteiger partial charge in [-0.2, -0.15) is 0 Å². The summed E-state index contributed by atoms with van der Waals surface area (Å²) >= 11 is 0. The third-order valence-electron chi connectivity index (χ3n) is 4.10. The number of aliphatic hydroxyl groups is 1. The molecule has 1 fully saturated rings. The number of carbonyl (C=O) groups excluding carboxylic acids is 1. The number of aryl methyl sites for hydroxylation is 2. The van der Waals surface area contributed by atoms with Crippen molar-refractivity contribution in [2.45, 2.75) is 33.1 Å². The largest absolute Gasteiger partial charge is 0.396 e. The molecule has 1 aromatic rings. The SMILES string of the molecule is Cc1ccc(CC(=O)N2CCC(CCO)C2)cc1C. The molecule has 0 radical (unpaired) electrons. The number of likely N-dealkylation sites (tertiary alicyclic amines) is 1. The summed E-state index contributed by atoms with van der Waals surface area (Å²) in [5, 5.41) is 8.94. The van der Waals surface area contributed by atoms with E-state index in [1.54, 1.807) is 0 Å². The van der Waals surface area contributed by atoms with Gasteiger partial charge in [0.15, 0.2) is 0 Å². The quantitative estimate of drug-likeness (QED) is 0.901. The minimum absolute atomic E-state index is 0.212. The zero-order chi connectivity index (χ0) is 13.8. The van der Waals surface area contributed by atoms with Crippen LogP contribution in [0.25, 0.3) is 0 Å². The van der Waals surface area contributed by atoms with E-state index in [2.05, 4.69) is 26.0 Å². The maximum atomic E-state index is 12.2. The Morgan fingerprint density at radius 3 is 2.84 bits per heavy atom. The van der Waals surface area contributed by atoms with Gasteiger partial charge >= 0.3 is 0 Å². The third kappa shape index (κ3) is 3.57. The highest BCUT2D eigenvalue weighted by Gasteiger charge is 2.25. The second-order valence-electron chi connectivity index (χ2n) is 5.60. The summed E-state index contributed by atoms with van der Waals surface area (Å²) in [7, 11) is 0. The summed E-state index contributed by atoms with van der Waals surface area (Å²) in [6.45, 7) is 6.04. The topological polar surface area (TPSA) is 40.5 Å². The molecule has 1 aliphatic rings. The first-order chi connectivity index (χ1) is 9.10. The van der Waals surface area contributed by atoms with Crippen LogP contribution in [0.2, 0.25) is 0 Å². The molecule has 1 N–H and O–H groups in total. The summed E-state index contributed by atoms with van der Waals surface area (Å²) < 4.78 is 0. The smallest absolute Gasteiger partial charge is 0.226 e. The van der Waals surface area contributed by atoms with Gasteiger partial charge in [-0.05, 0) is 49.3 Å². The Morgan fingerprint density at radius 1 is 1.37 bits per heavy atom. The van der Waals surface area contributed by atoms with Crippen LogP contribution in [-0.4, -0.2) is 35.6 Å². The fraction of sp³-hybridized carbons (Fsp3) is 0.562. The number of nitrogens with zero attached hydrogens (tertiary/aromatic N) is 1. The fourth-order valence-electron chi connectivity index (χ4n) is 2.68. The Morgan fingerprint density at radius 2 is 2.16 bits per heavy atom. The van der Waals surface area contributed by atoms with E-state index < -0.39 is 0 Å². The van der Waals surface area contributed by atoms with Gasteiger partial charge in [0, 0.05) is 19.7 Å². The lowest BCUT2D eigenvalue weighted by Crippen LogP contribution is -2.30. The molecular weight excluding hydrogens is 238 g/mol. The predicted octanol–water partition coefficient (Wildman–Crippen LogP) is 2.08.